The quantitative estimate of drug-likeness (QED) is 0.532. The van der Waals surface area contributed by atoms with Crippen molar-refractivity contribution in [1.82, 2.24) is 4.57 Å². The van der Waals surface area contributed by atoms with E-state index in [1.54, 1.807) is 17.7 Å². The Morgan fingerprint density at radius 1 is 1.08 bits per heavy atom. The zero-order valence-electron chi connectivity index (χ0n) is 15.1. The number of pyridine rings is 1. The van der Waals surface area contributed by atoms with E-state index in [1.807, 2.05) is 12.3 Å². The lowest BCUT2D eigenvalue weighted by Crippen LogP contribution is -2.15. The van der Waals surface area contributed by atoms with Gasteiger partial charge in [0.1, 0.15) is 0 Å². The van der Waals surface area contributed by atoms with Gasteiger partial charge in [0.25, 0.3) is 0 Å². The van der Waals surface area contributed by atoms with Crippen molar-refractivity contribution < 1.29 is 0 Å². The van der Waals surface area contributed by atoms with Gasteiger partial charge >= 0.3 is 0 Å². The first kappa shape index (κ1) is 18.4. The molecule has 3 rings (SSSR count). The minimum absolute atomic E-state index is 0.00934. The molecule has 0 radical (unpaired) electrons. The lowest BCUT2D eigenvalue weighted by molar-refractivity contribution is 0.824. The van der Waals surface area contributed by atoms with Crippen molar-refractivity contribution >= 4 is 21.5 Å². The average molecular weight is 408 g/mol. The molecule has 0 N–H and O–H groups in total. The molecule has 0 aliphatic carbocycles. The second-order valence-electron chi connectivity index (χ2n) is 6.64. The molecule has 3 heteroatoms. The first-order chi connectivity index (χ1) is 12.5. The number of aromatic nitrogens is 1. The van der Waals surface area contributed by atoms with E-state index in [0.29, 0.717) is 0 Å². The van der Waals surface area contributed by atoms with Crippen molar-refractivity contribution in [3.63, 3.8) is 0 Å². The highest BCUT2D eigenvalue weighted by Gasteiger charge is 2.18. The number of hydrogen-bond acceptors (Lipinski definition) is 1. The van der Waals surface area contributed by atoms with Crippen molar-refractivity contribution in [3.8, 4) is 0 Å². The number of rotatable bonds is 5. The second-order valence-corrected chi connectivity index (χ2v) is 7.55. The molecule has 26 heavy (non-hydrogen) atoms. The molecular weight excluding hydrogens is 386 g/mol. The van der Waals surface area contributed by atoms with Gasteiger partial charge in [-0.1, -0.05) is 58.9 Å². The number of hydrogen-bond donors (Lipinski definition) is 0. The average Bonchev–Trinajstić information content (AvgIpc) is 2.63. The van der Waals surface area contributed by atoms with E-state index in [0.717, 1.165) is 22.0 Å². The van der Waals surface area contributed by atoms with E-state index in [2.05, 4.69) is 78.0 Å². The summed E-state index contributed by atoms with van der Waals surface area (Å²) in [5.74, 6) is 0.217. The number of nitrogens with zero attached hydrogens (tertiary/aromatic N) is 1. The van der Waals surface area contributed by atoms with E-state index >= 15 is 0 Å². The van der Waals surface area contributed by atoms with Crippen LogP contribution in [0.4, 0.5) is 0 Å². The maximum atomic E-state index is 11.7. The van der Waals surface area contributed by atoms with Crippen molar-refractivity contribution in [2.75, 3.05) is 0 Å². The number of benzene rings is 2. The SMILES string of the molecule is C=C(C[C@H](c1ccc(Br)cc1)c1ccccc1C)c1ccc(=O)n(C)c1. The Morgan fingerprint density at radius 3 is 2.42 bits per heavy atom. The Morgan fingerprint density at radius 2 is 1.77 bits per heavy atom. The van der Waals surface area contributed by atoms with Gasteiger partial charge < -0.3 is 4.57 Å². The molecular formula is C23H22BrNO. The summed E-state index contributed by atoms with van der Waals surface area (Å²) >= 11 is 3.52. The topological polar surface area (TPSA) is 22.0 Å². The number of halogens is 1. The third-order valence-electron chi connectivity index (χ3n) is 4.78. The molecule has 0 saturated carbocycles. The van der Waals surface area contributed by atoms with Crippen LogP contribution in [0.15, 0.2) is 82.7 Å². The minimum Gasteiger partial charge on any atom is -0.318 e. The first-order valence-electron chi connectivity index (χ1n) is 8.61. The molecule has 0 fully saturated rings. The van der Waals surface area contributed by atoms with Crippen LogP contribution in [0.3, 0.4) is 0 Å². The lowest BCUT2D eigenvalue weighted by Gasteiger charge is -2.22. The van der Waals surface area contributed by atoms with Crippen LogP contribution < -0.4 is 5.56 Å². The molecule has 0 aliphatic heterocycles. The molecule has 0 amide bonds. The van der Waals surface area contributed by atoms with Gasteiger partial charge in [-0.2, -0.15) is 0 Å². The molecule has 0 spiro atoms. The van der Waals surface area contributed by atoms with Gasteiger partial charge in [0.2, 0.25) is 5.56 Å². The lowest BCUT2D eigenvalue weighted by atomic mass is 9.83. The maximum absolute atomic E-state index is 11.7. The summed E-state index contributed by atoms with van der Waals surface area (Å²) in [6.45, 7) is 6.46. The number of allylic oxidation sites excluding steroid dienone is 1. The Balaban J connectivity index is 1.99. The fourth-order valence-corrected chi connectivity index (χ4v) is 3.51. The van der Waals surface area contributed by atoms with Gasteiger partial charge in [0.05, 0.1) is 0 Å². The standard InChI is InChI=1S/C23H22BrNO/c1-16-6-4-5-7-21(16)22(18-8-11-20(24)12-9-18)14-17(2)19-10-13-23(26)25(3)15-19/h4-13,15,22H,2,14H2,1,3H3/t22-/m1/s1. The summed E-state index contributed by atoms with van der Waals surface area (Å²) < 4.78 is 2.67. The van der Waals surface area contributed by atoms with E-state index in [4.69, 9.17) is 0 Å². The highest BCUT2D eigenvalue weighted by molar-refractivity contribution is 9.10. The highest BCUT2D eigenvalue weighted by Crippen LogP contribution is 2.35. The van der Waals surface area contributed by atoms with Crippen LogP contribution in [-0.2, 0) is 7.05 Å². The molecule has 2 nitrogen and oxygen atoms in total. The first-order valence-corrected chi connectivity index (χ1v) is 9.41. The van der Waals surface area contributed by atoms with Crippen molar-refractivity contribution in [3.05, 3.63) is 111 Å². The summed E-state index contributed by atoms with van der Waals surface area (Å²) in [4.78, 5) is 11.7. The predicted molar refractivity (Wildman–Crippen MR) is 112 cm³/mol. The van der Waals surface area contributed by atoms with E-state index in [-0.39, 0.29) is 11.5 Å². The zero-order chi connectivity index (χ0) is 18.7. The summed E-state index contributed by atoms with van der Waals surface area (Å²) in [6, 6.07) is 20.4. The monoisotopic (exact) mass is 407 g/mol. The summed E-state index contributed by atoms with van der Waals surface area (Å²) in [6.07, 6.45) is 2.66. The van der Waals surface area contributed by atoms with Crippen LogP contribution in [0.25, 0.3) is 5.57 Å². The van der Waals surface area contributed by atoms with E-state index < -0.39 is 0 Å². The van der Waals surface area contributed by atoms with Gasteiger partial charge in [-0.25, -0.2) is 0 Å². The van der Waals surface area contributed by atoms with Gasteiger partial charge in [-0.15, -0.1) is 0 Å². The molecule has 0 aliphatic rings. The Hall–Kier alpha value is -2.39. The summed E-state index contributed by atoms with van der Waals surface area (Å²) in [5, 5.41) is 0. The zero-order valence-corrected chi connectivity index (χ0v) is 16.7. The largest absolute Gasteiger partial charge is 0.318 e. The van der Waals surface area contributed by atoms with Crippen molar-refractivity contribution in [2.45, 2.75) is 19.3 Å². The number of aryl methyl sites for hydroxylation is 2. The summed E-state index contributed by atoms with van der Waals surface area (Å²) in [5.41, 5.74) is 5.85. The normalized spacial score (nSPS) is 12.0. The third kappa shape index (κ3) is 4.05. The molecule has 1 aromatic heterocycles. The predicted octanol–water partition coefficient (Wildman–Crippen LogP) is 5.69. The fourth-order valence-electron chi connectivity index (χ4n) is 3.25. The highest BCUT2D eigenvalue weighted by atomic mass is 79.9. The van der Waals surface area contributed by atoms with Crippen LogP contribution >= 0.6 is 15.9 Å². The summed E-state index contributed by atoms with van der Waals surface area (Å²) in [7, 11) is 1.77. The Labute approximate surface area is 163 Å². The Kier molecular flexibility index (Phi) is 5.58. The molecule has 1 heterocycles. The molecule has 3 aromatic rings. The molecule has 0 saturated heterocycles. The minimum atomic E-state index is -0.00934. The van der Waals surface area contributed by atoms with Crippen LogP contribution in [0.1, 0.15) is 34.6 Å². The van der Waals surface area contributed by atoms with Crippen molar-refractivity contribution in [2.24, 2.45) is 7.05 Å². The van der Waals surface area contributed by atoms with Crippen molar-refractivity contribution in [1.29, 1.82) is 0 Å². The van der Waals surface area contributed by atoms with Gasteiger partial charge in [-0.05, 0) is 59.4 Å². The molecule has 0 bridgehead atoms. The molecule has 2 aromatic carbocycles. The van der Waals surface area contributed by atoms with Gasteiger partial charge in [0, 0.05) is 29.7 Å². The smallest absolute Gasteiger partial charge is 0.250 e. The van der Waals surface area contributed by atoms with E-state index in [9.17, 15) is 4.79 Å². The van der Waals surface area contributed by atoms with Gasteiger partial charge in [0.15, 0.2) is 0 Å². The van der Waals surface area contributed by atoms with Crippen LogP contribution in [0.2, 0.25) is 0 Å². The van der Waals surface area contributed by atoms with Crippen LogP contribution in [0, 0.1) is 6.92 Å². The van der Waals surface area contributed by atoms with E-state index in [1.165, 1.54) is 16.7 Å². The Bertz CT molecular complexity index is 986. The van der Waals surface area contributed by atoms with Crippen LogP contribution in [0.5, 0.6) is 0 Å². The fraction of sp³-hybridized carbons (Fsp3) is 0.174. The third-order valence-corrected chi connectivity index (χ3v) is 5.31. The molecule has 0 unspecified atom stereocenters. The second kappa shape index (κ2) is 7.88. The molecule has 1 atom stereocenters. The molecule has 132 valence electrons. The van der Waals surface area contributed by atoms with Gasteiger partial charge in [-0.3, -0.25) is 4.79 Å². The van der Waals surface area contributed by atoms with Crippen LogP contribution in [-0.4, -0.2) is 4.57 Å². The maximum Gasteiger partial charge on any atom is 0.250 e.